The van der Waals surface area contributed by atoms with Crippen molar-refractivity contribution >= 4 is 5.91 Å². The molecule has 0 radical (unpaired) electrons. The molecule has 1 amide bonds. The standard InChI is InChI=1S/C13H19N3O3/c1-2-10-14-15-12(19-10)13-5-3-4-9(13)6-16(8-13)11(18)7-17/h9,17H,2-8H2,1H3/t9-,13-/m0/s1. The zero-order valence-corrected chi connectivity index (χ0v) is 11.1. The van der Waals surface area contributed by atoms with Gasteiger partial charge in [-0.05, 0) is 18.8 Å². The van der Waals surface area contributed by atoms with Crippen molar-refractivity contribution in [2.75, 3.05) is 19.7 Å². The third-order valence-corrected chi connectivity index (χ3v) is 4.55. The summed E-state index contributed by atoms with van der Waals surface area (Å²) in [6.45, 7) is 2.86. The van der Waals surface area contributed by atoms with Crippen molar-refractivity contribution in [3.8, 4) is 0 Å². The van der Waals surface area contributed by atoms with Gasteiger partial charge in [-0.15, -0.1) is 10.2 Å². The van der Waals surface area contributed by atoms with E-state index in [0.29, 0.717) is 30.8 Å². The number of carbonyl (C=O) groups excluding carboxylic acids is 1. The average Bonchev–Trinajstić information content (AvgIpc) is 3.09. The number of hydrogen-bond donors (Lipinski definition) is 1. The van der Waals surface area contributed by atoms with Crippen LogP contribution in [0.5, 0.6) is 0 Å². The SMILES string of the molecule is CCc1nnc([C@]23CCC[C@H]2CN(C(=O)CO)C3)o1. The molecular formula is C13H19N3O3. The molecule has 1 aliphatic heterocycles. The van der Waals surface area contributed by atoms with Gasteiger partial charge in [0.05, 0.1) is 5.41 Å². The second kappa shape index (κ2) is 4.59. The van der Waals surface area contributed by atoms with Crippen molar-refractivity contribution in [1.82, 2.24) is 15.1 Å². The van der Waals surface area contributed by atoms with Gasteiger partial charge in [-0.3, -0.25) is 4.79 Å². The molecule has 104 valence electrons. The summed E-state index contributed by atoms with van der Waals surface area (Å²) in [5, 5.41) is 17.3. The molecule has 0 spiro atoms. The Morgan fingerprint density at radius 1 is 1.58 bits per heavy atom. The van der Waals surface area contributed by atoms with Crippen molar-refractivity contribution in [3.63, 3.8) is 0 Å². The Labute approximate surface area is 111 Å². The molecule has 1 aromatic heterocycles. The summed E-state index contributed by atoms with van der Waals surface area (Å²) in [4.78, 5) is 13.4. The predicted octanol–water partition coefficient (Wildman–Crippen LogP) is 0.504. The Hall–Kier alpha value is -1.43. The molecule has 3 rings (SSSR count). The zero-order chi connectivity index (χ0) is 13.5. The Bertz CT molecular complexity index is 487. The minimum absolute atomic E-state index is 0.175. The lowest BCUT2D eigenvalue weighted by Gasteiger charge is -2.24. The van der Waals surface area contributed by atoms with Gasteiger partial charge in [0.25, 0.3) is 0 Å². The predicted molar refractivity (Wildman–Crippen MR) is 66.4 cm³/mol. The van der Waals surface area contributed by atoms with Crippen molar-refractivity contribution in [2.45, 2.75) is 38.0 Å². The molecule has 1 aliphatic carbocycles. The molecule has 0 unspecified atom stereocenters. The maximum absolute atomic E-state index is 11.7. The summed E-state index contributed by atoms with van der Waals surface area (Å²) >= 11 is 0. The fourth-order valence-electron chi connectivity index (χ4n) is 3.53. The third-order valence-electron chi connectivity index (χ3n) is 4.55. The summed E-state index contributed by atoms with van der Waals surface area (Å²) < 4.78 is 5.76. The molecule has 2 atom stereocenters. The summed E-state index contributed by atoms with van der Waals surface area (Å²) in [5.74, 6) is 1.51. The Balaban J connectivity index is 1.90. The number of amides is 1. The maximum Gasteiger partial charge on any atom is 0.248 e. The normalized spacial score (nSPS) is 29.8. The second-order valence-electron chi connectivity index (χ2n) is 5.53. The molecule has 6 heteroatoms. The molecular weight excluding hydrogens is 246 g/mol. The van der Waals surface area contributed by atoms with Crippen LogP contribution in [0.25, 0.3) is 0 Å². The molecule has 19 heavy (non-hydrogen) atoms. The van der Waals surface area contributed by atoms with Crippen LogP contribution in [0, 0.1) is 5.92 Å². The maximum atomic E-state index is 11.7. The molecule has 2 heterocycles. The first-order valence-electron chi connectivity index (χ1n) is 6.91. The summed E-state index contributed by atoms with van der Waals surface area (Å²) in [7, 11) is 0. The summed E-state index contributed by atoms with van der Waals surface area (Å²) in [6.07, 6.45) is 3.93. The van der Waals surface area contributed by atoms with E-state index in [1.165, 1.54) is 0 Å². The van der Waals surface area contributed by atoms with E-state index < -0.39 is 6.61 Å². The van der Waals surface area contributed by atoms with Crippen molar-refractivity contribution < 1.29 is 14.3 Å². The fraction of sp³-hybridized carbons (Fsp3) is 0.769. The van der Waals surface area contributed by atoms with E-state index in [1.54, 1.807) is 4.90 Å². The van der Waals surface area contributed by atoms with Gasteiger partial charge in [0, 0.05) is 19.5 Å². The molecule has 0 aromatic carbocycles. The Morgan fingerprint density at radius 3 is 3.11 bits per heavy atom. The van der Waals surface area contributed by atoms with E-state index in [2.05, 4.69) is 10.2 Å². The molecule has 6 nitrogen and oxygen atoms in total. The Kier molecular flexibility index (Phi) is 3.05. The number of aliphatic hydroxyl groups is 1. The lowest BCUT2D eigenvalue weighted by atomic mass is 9.80. The quantitative estimate of drug-likeness (QED) is 0.861. The smallest absolute Gasteiger partial charge is 0.248 e. The van der Waals surface area contributed by atoms with Crippen LogP contribution in [0.4, 0.5) is 0 Å². The number of rotatable bonds is 3. The number of carbonyl (C=O) groups is 1. The third kappa shape index (κ3) is 1.85. The van der Waals surface area contributed by atoms with Gasteiger partial charge in [0.2, 0.25) is 17.7 Å². The van der Waals surface area contributed by atoms with Crippen LogP contribution in [0.1, 0.15) is 38.0 Å². The van der Waals surface area contributed by atoms with E-state index in [9.17, 15) is 4.79 Å². The lowest BCUT2D eigenvalue weighted by molar-refractivity contribution is -0.133. The number of hydrogen-bond acceptors (Lipinski definition) is 5. The number of nitrogens with zero attached hydrogens (tertiary/aromatic N) is 3. The highest BCUT2D eigenvalue weighted by Gasteiger charge is 2.54. The van der Waals surface area contributed by atoms with Gasteiger partial charge in [-0.2, -0.15) is 0 Å². The van der Waals surface area contributed by atoms with Crippen LogP contribution in [-0.2, 0) is 16.6 Å². The number of aryl methyl sites for hydroxylation is 1. The Morgan fingerprint density at radius 2 is 2.42 bits per heavy atom. The van der Waals surface area contributed by atoms with E-state index in [4.69, 9.17) is 9.52 Å². The van der Waals surface area contributed by atoms with Crippen LogP contribution in [0.15, 0.2) is 4.42 Å². The summed E-state index contributed by atoms with van der Waals surface area (Å²) in [5.41, 5.74) is -0.175. The molecule has 1 N–H and O–H groups in total. The molecule has 0 bridgehead atoms. The highest BCUT2D eigenvalue weighted by Crippen LogP contribution is 2.49. The molecule has 1 aromatic rings. The number of aromatic nitrogens is 2. The van der Waals surface area contributed by atoms with E-state index in [1.807, 2.05) is 6.92 Å². The zero-order valence-electron chi connectivity index (χ0n) is 11.1. The number of fused-ring (bicyclic) bond motifs is 1. The van der Waals surface area contributed by atoms with Crippen LogP contribution >= 0.6 is 0 Å². The van der Waals surface area contributed by atoms with Crippen LogP contribution in [0.2, 0.25) is 0 Å². The number of likely N-dealkylation sites (tertiary alicyclic amines) is 1. The number of aliphatic hydroxyl groups excluding tert-OH is 1. The van der Waals surface area contributed by atoms with Crippen LogP contribution in [0.3, 0.4) is 0 Å². The first-order valence-corrected chi connectivity index (χ1v) is 6.91. The highest BCUT2D eigenvalue weighted by atomic mass is 16.4. The van der Waals surface area contributed by atoms with Crippen LogP contribution < -0.4 is 0 Å². The topological polar surface area (TPSA) is 79.5 Å². The van der Waals surface area contributed by atoms with Crippen molar-refractivity contribution in [2.24, 2.45) is 5.92 Å². The largest absolute Gasteiger partial charge is 0.425 e. The van der Waals surface area contributed by atoms with Gasteiger partial charge in [-0.1, -0.05) is 13.3 Å². The van der Waals surface area contributed by atoms with Gasteiger partial charge in [0.1, 0.15) is 6.61 Å². The van der Waals surface area contributed by atoms with Gasteiger partial charge in [0.15, 0.2) is 0 Å². The lowest BCUT2D eigenvalue weighted by Crippen LogP contribution is -2.36. The molecule has 2 aliphatic rings. The summed E-state index contributed by atoms with van der Waals surface area (Å²) in [6, 6.07) is 0. The first-order chi connectivity index (χ1) is 9.19. The molecule has 2 fully saturated rings. The van der Waals surface area contributed by atoms with E-state index >= 15 is 0 Å². The van der Waals surface area contributed by atoms with Crippen molar-refractivity contribution in [3.05, 3.63) is 11.8 Å². The van der Waals surface area contributed by atoms with Gasteiger partial charge < -0.3 is 14.4 Å². The highest BCUT2D eigenvalue weighted by molar-refractivity contribution is 5.77. The van der Waals surface area contributed by atoms with E-state index in [-0.39, 0.29) is 11.3 Å². The van der Waals surface area contributed by atoms with Gasteiger partial charge in [-0.25, -0.2) is 0 Å². The second-order valence-corrected chi connectivity index (χ2v) is 5.53. The van der Waals surface area contributed by atoms with Gasteiger partial charge >= 0.3 is 0 Å². The monoisotopic (exact) mass is 265 g/mol. The fourth-order valence-corrected chi connectivity index (χ4v) is 3.53. The van der Waals surface area contributed by atoms with Crippen molar-refractivity contribution in [1.29, 1.82) is 0 Å². The first kappa shape index (κ1) is 12.6. The van der Waals surface area contributed by atoms with Crippen LogP contribution in [-0.4, -0.2) is 45.8 Å². The minimum atomic E-state index is -0.424. The molecule has 1 saturated carbocycles. The van der Waals surface area contributed by atoms with E-state index in [0.717, 1.165) is 25.7 Å². The minimum Gasteiger partial charge on any atom is -0.425 e. The molecule has 1 saturated heterocycles. The average molecular weight is 265 g/mol.